The molecule has 0 amide bonds. The summed E-state index contributed by atoms with van der Waals surface area (Å²) >= 11 is 0. The highest BCUT2D eigenvalue weighted by Crippen LogP contribution is 2.24. The fraction of sp³-hybridized carbons (Fsp3) is 0.571. The molecule has 88 valence electrons. The van der Waals surface area contributed by atoms with E-state index in [-0.39, 0.29) is 5.82 Å². The molecule has 0 unspecified atom stereocenters. The smallest absolute Gasteiger partial charge is 0.146 e. The number of hydrogen-bond donors (Lipinski definition) is 1. The Morgan fingerprint density at radius 2 is 2.00 bits per heavy atom. The van der Waals surface area contributed by atoms with E-state index in [1.54, 1.807) is 12.1 Å². The van der Waals surface area contributed by atoms with Crippen molar-refractivity contribution in [1.29, 1.82) is 0 Å². The molecule has 0 radical (unpaired) electrons. The fourth-order valence-corrected chi connectivity index (χ4v) is 2.42. The summed E-state index contributed by atoms with van der Waals surface area (Å²) in [7, 11) is 0. The molecule has 0 heterocycles. The number of nitrogens with one attached hydrogen (secondary N) is 1. The van der Waals surface area contributed by atoms with Gasteiger partial charge in [0.05, 0.1) is 5.69 Å². The van der Waals surface area contributed by atoms with Gasteiger partial charge in [0.2, 0.25) is 0 Å². The summed E-state index contributed by atoms with van der Waals surface area (Å²) in [6, 6.07) is 5.23. The maximum atomic E-state index is 13.5. The van der Waals surface area contributed by atoms with E-state index in [9.17, 15) is 4.39 Å². The van der Waals surface area contributed by atoms with E-state index in [1.165, 1.54) is 32.1 Å². The quantitative estimate of drug-likeness (QED) is 0.809. The minimum atomic E-state index is -0.138. The van der Waals surface area contributed by atoms with Crippen molar-refractivity contribution in [2.24, 2.45) is 5.92 Å². The molecule has 0 atom stereocenters. The minimum absolute atomic E-state index is 0.138. The molecule has 1 aliphatic carbocycles. The van der Waals surface area contributed by atoms with Crippen molar-refractivity contribution in [3.05, 3.63) is 29.6 Å². The van der Waals surface area contributed by atoms with Gasteiger partial charge < -0.3 is 5.32 Å². The molecular weight excluding hydrogens is 201 g/mol. The van der Waals surface area contributed by atoms with E-state index in [0.717, 1.165) is 18.0 Å². The van der Waals surface area contributed by atoms with Crippen molar-refractivity contribution < 1.29 is 4.39 Å². The normalized spacial score (nSPS) is 17.4. The molecule has 0 spiro atoms. The summed E-state index contributed by atoms with van der Waals surface area (Å²) in [5.74, 6) is 0.593. The van der Waals surface area contributed by atoms with Crippen LogP contribution in [0.3, 0.4) is 0 Å². The Balaban J connectivity index is 1.90. The molecule has 1 saturated carbocycles. The van der Waals surface area contributed by atoms with Crippen LogP contribution >= 0.6 is 0 Å². The molecule has 16 heavy (non-hydrogen) atoms. The van der Waals surface area contributed by atoms with Gasteiger partial charge in [0.25, 0.3) is 0 Å². The van der Waals surface area contributed by atoms with Gasteiger partial charge in [-0.3, -0.25) is 0 Å². The van der Waals surface area contributed by atoms with Gasteiger partial charge in [-0.25, -0.2) is 4.39 Å². The van der Waals surface area contributed by atoms with Gasteiger partial charge in [-0.15, -0.1) is 0 Å². The van der Waals surface area contributed by atoms with Gasteiger partial charge in [-0.2, -0.15) is 0 Å². The number of aryl methyl sites for hydroxylation is 1. The molecule has 1 aliphatic rings. The summed E-state index contributed by atoms with van der Waals surface area (Å²) in [6.07, 6.45) is 6.63. The average molecular weight is 221 g/mol. The largest absolute Gasteiger partial charge is 0.382 e. The summed E-state index contributed by atoms with van der Waals surface area (Å²) < 4.78 is 13.5. The third-order valence-corrected chi connectivity index (χ3v) is 3.43. The highest BCUT2D eigenvalue weighted by atomic mass is 19.1. The van der Waals surface area contributed by atoms with Crippen molar-refractivity contribution in [2.75, 3.05) is 11.9 Å². The Hall–Kier alpha value is -1.05. The Morgan fingerprint density at radius 1 is 1.25 bits per heavy atom. The summed E-state index contributed by atoms with van der Waals surface area (Å²) in [6.45, 7) is 2.91. The zero-order valence-corrected chi connectivity index (χ0v) is 9.93. The molecule has 2 heteroatoms. The van der Waals surface area contributed by atoms with Gasteiger partial charge in [0.15, 0.2) is 0 Å². The molecule has 1 nitrogen and oxygen atoms in total. The predicted molar refractivity (Wildman–Crippen MR) is 66.2 cm³/mol. The molecule has 0 saturated heterocycles. The zero-order valence-electron chi connectivity index (χ0n) is 9.93. The number of benzene rings is 1. The molecule has 0 bridgehead atoms. The SMILES string of the molecule is Cc1ccc(F)c(NCC2CCCCC2)c1. The van der Waals surface area contributed by atoms with Gasteiger partial charge >= 0.3 is 0 Å². The summed E-state index contributed by atoms with van der Waals surface area (Å²) in [5.41, 5.74) is 1.76. The van der Waals surface area contributed by atoms with Gasteiger partial charge in [0, 0.05) is 6.54 Å². The van der Waals surface area contributed by atoms with Crippen LogP contribution in [0.15, 0.2) is 18.2 Å². The monoisotopic (exact) mass is 221 g/mol. The van der Waals surface area contributed by atoms with Gasteiger partial charge in [-0.05, 0) is 43.4 Å². The van der Waals surface area contributed by atoms with Gasteiger partial charge in [-0.1, -0.05) is 25.3 Å². The predicted octanol–water partition coefficient (Wildman–Crippen LogP) is 4.13. The topological polar surface area (TPSA) is 12.0 Å². The number of rotatable bonds is 3. The Labute approximate surface area is 97.1 Å². The first-order chi connectivity index (χ1) is 7.75. The van der Waals surface area contributed by atoms with E-state index in [2.05, 4.69) is 5.32 Å². The third kappa shape index (κ3) is 2.97. The van der Waals surface area contributed by atoms with Crippen LogP contribution < -0.4 is 5.32 Å². The van der Waals surface area contributed by atoms with Crippen LogP contribution in [0.4, 0.5) is 10.1 Å². The van der Waals surface area contributed by atoms with Crippen molar-refractivity contribution >= 4 is 5.69 Å². The first-order valence-corrected chi connectivity index (χ1v) is 6.26. The van der Waals surface area contributed by atoms with Crippen molar-refractivity contribution in [2.45, 2.75) is 39.0 Å². The molecule has 1 fully saturated rings. The number of halogens is 1. The van der Waals surface area contributed by atoms with Crippen molar-refractivity contribution in [3.8, 4) is 0 Å². The van der Waals surface area contributed by atoms with E-state index in [4.69, 9.17) is 0 Å². The fourth-order valence-electron chi connectivity index (χ4n) is 2.42. The minimum Gasteiger partial charge on any atom is -0.382 e. The highest BCUT2D eigenvalue weighted by molar-refractivity contribution is 5.47. The summed E-state index contributed by atoms with van der Waals surface area (Å²) in [4.78, 5) is 0. The molecule has 2 rings (SSSR count). The molecule has 1 N–H and O–H groups in total. The van der Waals surface area contributed by atoms with Crippen LogP contribution in [0.1, 0.15) is 37.7 Å². The second kappa shape index (κ2) is 5.33. The second-order valence-corrected chi connectivity index (χ2v) is 4.87. The van der Waals surface area contributed by atoms with E-state index >= 15 is 0 Å². The highest BCUT2D eigenvalue weighted by Gasteiger charge is 2.13. The van der Waals surface area contributed by atoms with Crippen LogP contribution in [0.2, 0.25) is 0 Å². The Morgan fingerprint density at radius 3 is 2.75 bits per heavy atom. The summed E-state index contributed by atoms with van der Waals surface area (Å²) in [5, 5.41) is 3.25. The van der Waals surface area contributed by atoms with Gasteiger partial charge in [0.1, 0.15) is 5.82 Å². The lowest BCUT2D eigenvalue weighted by Gasteiger charge is -2.22. The average Bonchev–Trinajstić information content (AvgIpc) is 2.32. The van der Waals surface area contributed by atoms with Crippen LogP contribution in [0, 0.1) is 18.7 Å². The standard InChI is InChI=1S/C14H20FN/c1-11-7-8-13(15)14(9-11)16-10-12-5-3-2-4-6-12/h7-9,12,16H,2-6,10H2,1H3. The van der Waals surface area contributed by atoms with E-state index in [1.807, 2.05) is 13.0 Å². The van der Waals surface area contributed by atoms with Crippen LogP contribution in [0.25, 0.3) is 0 Å². The van der Waals surface area contributed by atoms with Crippen LogP contribution in [-0.4, -0.2) is 6.54 Å². The molecule has 0 aliphatic heterocycles. The molecular formula is C14H20FN. The van der Waals surface area contributed by atoms with Crippen LogP contribution in [0.5, 0.6) is 0 Å². The van der Waals surface area contributed by atoms with E-state index < -0.39 is 0 Å². The Kier molecular flexibility index (Phi) is 3.81. The first kappa shape index (κ1) is 11.4. The van der Waals surface area contributed by atoms with Crippen molar-refractivity contribution in [1.82, 2.24) is 0 Å². The van der Waals surface area contributed by atoms with Crippen LogP contribution in [-0.2, 0) is 0 Å². The Bertz CT molecular complexity index is 343. The maximum absolute atomic E-state index is 13.5. The van der Waals surface area contributed by atoms with Crippen molar-refractivity contribution in [3.63, 3.8) is 0 Å². The lowest BCUT2D eigenvalue weighted by Crippen LogP contribution is -2.17. The lowest BCUT2D eigenvalue weighted by atomic mass is 9.89. The molecule has 1 aromatic carbocycles. The third-order valence-electron chi connectivity index (χ3n) is 3.43. The lowest BCUT2D eigenvalue weighted by molar-refractivity contribution is 0.373. The van der Waals surface area contributed by atoms with E-state index in [0.29, 0.717) is 5.69 Å². The molecule has 0 aromatic heterocycles. The maximum Gasteiger partial charge on any atom is 0.146 e. The number of hydrogen-bond acceptors (Lipinski definition) is 1. The zero-order chi connectivity index (χ0) is 11.4. The first-order valence-electron chi connectivity index (χ1n) is 6.26. The second-order valence-electron chi connectivity index (χ2n) is 4.87. The molecule has 1 aromatic rings. The number of anilines is 1.